The van der Waals surface area contributed by atoms with Crippen LogP contribution in [0.1, 0.15) is 41.6 Å². The molecule has 164 valence electrons. The van der Waals surface area contributed by atoms with E-state index in [2.05, 4.69) is 49.7 Å². The van der Waals surface area contributed by atoms with E-state index in [0.29, 0.717) is 17.6 Å². The molecule has 2 aromatic carbocycles. The van der Waals surface area contributed by atoms with Crippen LogP contribution in [-0.4, -0.2) is 45.5 Å². The number of fused-ring (bicyclic) bond motifs is 1. The highest BCUT2D eigenvalue weighted by molar-refractivity contribution is 7.99. The van der Waals surface area contributed by atoms with Gasteiger partial charge in [-0.1, -0.05) is 42.1 Å². The van der Waals surface area contributed by atoms with Gasteiger partial charge in [0.15, 0.2) is 0 Å². The van der Waals surface area contributed by atoms with Gasteiger partial charge in [0.05, 0.1) is 12.9 Å². The molecule has 1 amide bonds. The number of nitrogens with zero attached hydrogens (tertiary/aromatic N) is 2. The Balaban J connectivity index is 1.29. The Bertz CT molecular complexity index is 1210. The standard InChI is InChI=1S/C24H25N5O2S/c1-31-17-10-8-15(9-11-17)19(20-13-25-21-5-3-2-4-18(20)21)12-26-22(30)14-32-24-27-23(28-29-24)16-6-7-16/h2-5,8-11,13,16,19,25H,6-7,12,14H2,1H3,(H,26,30)(H,27,28,29). The zero-order valence-corrected chi connectivity index (χ0v) is 18.6. The average Bonchev–Trinajstić information content (AvgIpc) is 3.42. The maximum absolute atomic E-state index is 12.6. The van der Waals surface area contributed by atoms with Gasteiger partial charge in [-0.2, -0.15) is 0 Å². The Morgan fingerprint density at radius 3 is 2.81 bits per heavy atom. The topological polar surface area (TPSA) is 95.7 Å². The van der Waals surface area contributed by atoms with Gasteiger partial charge in [-0.3, -0.25) is 9.89 Å². The molecular formula is C24H25N5O2S. The van der Waals surface area contributed by atoms with E-state index in [-0.39, 0.29) is 17.6 Å². The van der Waals surface area contributed by atoms with Gasteiger partial charge in [-0.05, 0) is 42.2 Å². The van der Waals surface area contributed by atoms with Crippen LogP contribution in [-0.2, 0) is 4.79 Å². The number of ether oxygens (including phenoxy) is 1. The van der Waals surface area contributed by atoms with Crippen LogP contribution in [0.5, 0.6) is 5.75 Å². The highest BCUT2D eigenvalue weighted by Gasteiger charge is 2.27. The summed E-state index contributed by atoms with van der Waals surface area (Å²) in [5.41, 5.74) is 3.35. The number of rotatable bonds is 9. The molecule has 1 saturated carbocycles. The zero-order chi connectivity index (χ0) is 21.9. The number of aromatic nitrogens is 4. The highest BCUT2D eigenvalue weighted by Crippen LogP contribution is 2.38. The van der Waals surface area contributed by atoms with Gasteiger partial charge in [0.2, 0.25) is 11.1 Å². The number of para-hydroxylation sites is 1. The van der Waals surface area contributed by atoms with Gasteiger partial charge in [-0.25, -0.2) is 4.98 Å². The van der Waals surface area contributed by atoms with Gasteiger partial charge in [0.1, 0.15) is 11.6 Å². The van der Waals surface area contributed by atoms with E-state index in [9.17, 15) is 4.79 Å². The number of carbonyl (C=O) groups is 1. The van der Waals surface area contributed by atoms with E-state index in [1.807, 2.05) is 30.5 Å². The number of hydrogen-bond acceptors (Lipinski definition) is 5. The van der Waals surface area contributed by atoms with Gasteiger partial charge >= 0.3 is 0 Å². The van der Waals surface area contributed by atoms with Crippen molar-refractivity contribution in [2.24, 2.45) is 0 Å². The lowest BCUT2D eigenvalue weighted by atomic mass is 9.91. The fourth-order valence-electron chi connectivity index (χ4n) is 3.88. The third-order valence-corrected chi connectivity index (χ3v) is 6.64. The van der Waals surface area contributed by atoms with Crippen LogP contribution in [0, 0.1) is 0 Å². The summed E-state index contributed by atoms with van der Waals surface area (Å²) in [5, 5.41) is 12.1. The SMILES string of the molecule is COc1ccc(C(CNC(=O)CSc2n[nH]c(C3CC3)n2)c2c[nH]c3ccccc23)cc1. The molecule has 1 fully saturated rings. The number of methoxy groups -OCH3 is 1. The molecule has 2 aromatic heterocycles. The molecule has 4 aromatic rings. The molecule has 32 heavy (non-hydrogen) atoms. The van der Waals surface area contributed by atoms with Crippen molar-refractivity contribution in [2.45, 2.75) is 29.8 Å². The van der Waals surface area contributed by atoms with E-state index >= 15 is 0 Å². The molecule has 2 heterocycles. The number of nitrogens with one attached hydrogen (secondary N) is 3. The molecule has 0 bridgehead atoms. The summed E-state index contributed by atoms with van der Waals surface area (Å²) < 4.78 is 5.31. The fraction of sp³-hybridized carbons (Fsp3) is 0.292. The molecule has 8 heteroatoms. The van der Waals surface area contributed by atoms with E-state index in [1.165, 1.54) is 24.6 Å². The predicted molar refractivity (Wildman–Crippen MR) is 125 cm³/mol. The monoisotopic (exact) mass is 447 g/mol. The van der Waals surface area contributed by atoms with Gasteiger partial charge < -0.3 is 15.0 Å². The number of carbonyl (C=O) groups excluding carboxylic acids is 1. The van der Waals surface area contributed by atoms with Gasteiger partial charge in [0.25, 0.3) is 0 Å². The lowest BCUT2D eigenvalue weighted by molar-refractivity contribution is -0.118. The Morgan fingerprint density at radius 1 is 1.22 bits per heavy atom. The average molecular weight is 448 g/mol. The number of thioether (sulfide) groups is 1. The number of aromatic amines is 2. The molecule has 3 N–H and O–H groups in total. The Hall–Kier alpha value is -3.26. The molecule has 1 aliphatic rings. The smallest absolute Gasteiger partial charge is 0.230 e. The van der Waals surface area contributed by atoms with Crippen molar-refractivity contribution in [3.63, 3.8) is 0 Å². The van der Waals surface area contributed by atoms with Crippen LogP contribution in [0.4, 0.5) is 0 Å². The van der Waals surface area contributed by atoms with Gasteiger partial charge in [0, 0.05) is 35.5 Å². The Labute approximate surface area is 190 Å². The first-order valence-corrected chi connectivity index (χ1v) is 11.7. The first-order chi connectivity index (χ1) is 15.7. The van der Waals surface area contributed by atoms with Crippen molar-refractivity contribution in [2.75, 3.05) is 19.4 Å². The van der Waals surface area contributed by atoms with Crippen molar-refractivity contribution in [1.82, 2.24) is 25.5 Å². The van der Waals surface area contributed by atoms with Crippen molar-refractivity contribution >= 4 is 28.6 Å². The summed E-state index contributed by atoms with van der Waals surface area (Å²) in [6, 6.07) is 16.2. The Morgan fingerprint density at radius 2 is 2.03 bits per heavy atom. The molecular weight excluding hydrogens is 422 g/mol. The number of amides is 1. The summed E-state index contributed by atoms with van der Waals surface area (Å²) in [6.45, 7) is 0.495. The minimum absolute atomic E-state index is 0.0102. The fourth-order valence-corrected chi connectivity index (χ4v) is 4.52. The minimum atomic E-state index is -0.0360. The molecule has 1 aliphatic carbocycles. The summed E-state index contributed by atoms with van der Waals surface area (Å²) in [7, 11) is 1.66. The second-order valence-electron chi connectivity index (χ2n) is 7.99. The molecule has 1 unspecified atom stereocenters. The number of benzene rings is 2. The van der Waals surface area contributed by atoms with Crippen molar-refractivity contribution in [3.8, 4) is 5.75 Å². The maximum Gasteiger partial charge on any atom is 0.230 e. The molecule has 0 saturated heterocycles. The maximum atomic E-state index is 12.6. The summed E-state index contributed by atoms with van der Waals surface area (Å²) in [6.07, 6.45) is 4.37. The molecule has 5 rings (SSSR count). The third-order valence-electron chi connectivity index (χ3n) is 5.80. The molecule has 7 nitrogen and oxygen atoms in total. The lowest BCUT2D eigenvalue weighted by Gasteiger charge is -2.18. The van der Waals surface area contributed by atoms with Gasteiger partial charge in [-0.15, -0.1) is 5.10 Å². The predicted octanol–water partition coefficient (Wildman–Crippen LogP) is 4.21. The van der Waals surface area contributed by atoms with E-state index < -0.39 is 0 Å². The second-order valence-corrected chi connectivity index (χ2v) is 8.93. The molecule has 0 aliphatic heterocycles. The molecule has 0 radical (unpaired) electrons. The quantitative estimate of drug-likeness (QED) is 0.334. The van der Waals surface area contributed by atoms with Crippen LogP contribution >= 0.6 is 11.8 Å². The van der Waals surface area contributed by atoms with Crippen LogP contribution in [0.3, 0.4) is 0 Å². The van der Waals surface area contributed by atoms with Crippen molar-refractivity contribution < 1.29 is 9.53 Å². The summed E-state index contributed by atoms with van der Waals surface area (Å²) in [4.78, 5) is 20.4. The first-order valence-electron chi connectivity index (χ1n) is 10.7. The first kappa shape index (κ1) is 20.6. The zero-order valence-electron chi connectivity index (χ0n) is 17.8. The number of hydrogen-bond donors (Lipinski definition) is 3. The highest BCUT2D eigenvalue weighted by atomic mass is 32.2. The van der Waals surface area contributed by atoms with Crippen molar-refractivity contribution in [1.29, 1.82) is 0 Å². The second kappa shape index (κ2) is 9.08. The van der Waals surface area contributed by atoms with E-state index in [1.54, 1.807) is 7.11 Å². The third kappa shape index (κ3) is 4.50. The lowest BCUT2D eigenvalue weighted by Crippen LogP contribution is -2.30. The van der Waals surface area contributed by atoms with Crippen LogP contribution in [0.15, 0.2) is 59.9 Å². The van der Waals surface area contributed by atoms with E-state index in [4.69, 9.17) is 4.74 Å². The largest absolute Gasteiger partial charge is 0.497 e. The summed E-state index contributed by atoms with van der Waals surface area (Å²) >= 11 is 1.36. The minimum Gasteiger partial charge on any atom is -0.497 e. The van der Waals surface area contributed by atoms with Crippen LogP contribution < -0.4 is 10.1 Å². The summed E-state index contributed by atoms with van der Waals surface area (Å²) in [5.74, 6) is 2.52. The normalized spacial score (nSPS) is 14.4. The van der Waals surface area contributed by atoms with Crippen LogP contribution in [0.2, 0.25) is 0 Å². The molecule has 0 spiro atoms. The van der Waals surface area contributed by atoms with Crippen molar-refractivity contribution in [3.05, 3.63) is 71.7 Å². The molecule has 1 atom stereocenters. The Kier molecular flexibility index (Phi) is 5.85. The van der Waals surface area contributed by atoms with Crippen LogP contribution in [0.25, 0.3) is 10.9 Å². The van der Waals surface area contributed by atoms with E-state index in [0.717, 1.165) is 33.6 Å². The number of H-pyrrole nitrogens is 2.